The van der Waals surface area contributed by atoms with E-state index in [-0.39, 0.29) is 23.3 Å². The predicted molar refractivity (Wildman–Crippen MR) is 238 cm³/mol. The molecule has 3 aromatic carbocycles. The molecule has 0 fully saturated rings. The van der Waals surface area contributed by atoms with Crippen LogP contribution in [0.4, 0.5) is 18.4 Å². The summed E-state index contributed by atoms with van der Waals surface area (Å²) in [5.74, 6) is -1.42. The third kappa shape index (κ3) is 7.83. The number of carbonyl (C=O) groups is 4. The summed E-state index contributed by atoms with van der Waals surface area (Å²) in [6.07, 6.45) is 3.27. The average molecular weight is 897 g/mol. The number of hydrogen-bond donors (Lipinski definition) is 5. The lowest BCUT2D eigenvalue weighted by Gasteiger charge is -2.30. The third-order valence-electron chi connectivity index (χ3n) is 11.4. The fourth-order valence-electron chi connectivity index (χ4n) is 8.16. The van der Waals surface area contributed by atoms with E-state index < -0.39 is 48.0 Å². The summed E-state index contributed by atoms with van der Waals surface area (Å²) >= 11 is 0. The number of carbonyl (C=O) groups excluding carboxylic acids is 3. The normalized spacial score (nSPS) is 14.1. The van der Waals surface area contributed by atoms with Gasteiger partial charge in [0.05, 0.1) is 58.9 Å². The first-order chi connectivity index (χ1) is 31.7. The fourth-order valence-corrected chi connectivity index (χ4v) is 8.16. The van der Waals surface area contributed by atoms with Crippen LogP contribution in [0.15, 0.2) is 104 Å². The molecule has 17 nitrogen and oxygen atoms in total. The molecule has 8 aromatic rings. The molecule has 5 N–H and O–H groups in total. The Labute approximate surface area is 374 Å². The molecule has 0 saturated heterocycles. The Bertz CT molecular complexity index is 3180. The van der Waals surface area contributed by atoms with Crippen LogP contribution in [-0.4, -0.2) is 86.9 Å². The van der Waals surface area contributed by atoms with Crippen LogP contribution in [0.2, 0.25) is 0 Å². The molecule has 1 aliphatic heterocycles. The number of hydrogen-bond acceptors (Lipinski definition) is 9. The quantitative estimate of drug-likeness (QED) is 0.0833. The summed E-state index contributed by atoms with van der Waals surface area (Å²) in [6, 6.07) is 19.0. The van der Waals surface area contributed by atoms with E-state index >= 15 is 0 Å². The number of aromatic amines is 2. The van der Waals surface area contributed by atoms with Crippen molar-refractivity contribution in [2.75, 3.05) is 7.11 Å². The minimum atomic E-state index is -1.31. The smallest absolute Gasteiger partial charge is 0.407 e. The van der Waals surface area contributed by atoms with E-state index in [9.17, 15) is 33.1 Å². The second kappa shape index (κ2) is 17.0. The third-order valence-corrected chi connectivity index (χ3v) is 11.4. The lowest BCUT2D eigenvalue weighted by atomic mass is 10.0. The van der Waals surface area contributed by atoms with Crippen LogP contribution < -0.4 is 15.4 Å². The molecule has 0 saturated carbocycles. The zero-order chi connectivity index (χ0) is 46.6. The van der Waals surface area contributed by atoms with Crippen LogP contribution in [0.1, 0.15) is 49.1 Å². The first kappa shape index (κ1) is 42.9. The van der Waals surface area contributed by atoms with Crippen LogP contribution in [0, 0.1) is 23.5 Å². The van der Waals surface area contributed by atoms with E-state index in [1.807, 2.05) is 38.1 Å². The maximum absolute atomic E-state index is 14.9. The molecule has 0 radical (unpaired) electrons. The predicted octanol–water partition coefficient (Wildman–Crippen LogP) is 8.59. The number of benzene rings is 3. The summed E-state index contributed by atoms with van der Waals surface area (Å²) in [5.41, 5.74) is 5.31. The summed E-state index contributed by atoms with van der Waals surface area (Å²) < 4.78 is 45.8. The van der Waals surface area contributed by atoms with Gasteiger partial charge in [-0.3, -0.25) is 23.3 Å². The molecule has 19 heteroatoms. The Morgan fingerprint density at radius 3 is 2.06 bits per heavy atom. The summed E-state index contributed by atoms with van der Waals surface area (Å²) in [7, 11) is 1.23. The number of nitrogens with one attached hydrogen (secondary N) is 4. The molecule has 9 rings (SSSR count). The highest BCUT2D eigenvalue weighted by Gasteiger charge is 2.33. The van der Waals surface area contributed by atoms with Crippen molar-refractivity contribution < 1.29 is 42.5 Å². The molecule has 1 aliphatic rings. The van der Waals surface area contributed by atoms with Gasteiger partial charge < -0.3 is 35.2 Å². The number of aromatic nitrogens is 8. The number of imidazole rings is 3. The highest BCUT2D eigenvalue weighted by atomic mass is 19.1. The van der Waals surface area contributed by atoms with Gasteiger partial charge in [-0.2, -0.15) is 0 Å². The number of amides is 2. The molecular weight excluding hydrogens is 855 g/mol. The molecule has 0 spiro atoms. The molecule has 0 bridgehead atoms. The van der Waals surface area contributed by atoms with E-state index in [1.54, 1.807) is 79.6 Å². The number of alkyl carbamates (subject to hydrolysis) is 1. The monoisotopic (exact) mass is 896 g/mol. The topological polar surface area (TPSA) is 216 Å². The van der Waals surface area contributed by atoms with Crippen molar-refractivity contribution in [3.05, 3.63) is 121 Å². The summed E-state index contributed by atoms with van der Waals surface area (Å²) in [6.45, 7) is 7.12. The second-order valence-electron chi connectivity index (χ2n) is 16.4. The van der Waals surface area contributed by atoms with Gasteiger partial charge >= 0.3 is 12.2 Å². The Balaban J connectivity index is 1.06. The molecule has 0 aliphatic carbocycles. The van der Waals surface area contributed by atoms with Crippen molar-refractivity contribution in [1.29, 1.82) is 0 Å². The number of fused-ring (bicyclic) bond motifs is 4. The van der Waals surface area contributed by atoms with Gasteiger partial charge in [-0.25, -0.2) is 33.3 Å². The number of carboxylic acid groups (broad SMARTS) is 1. The highest BCUT2D eigenvalue weighted by Crippen LogP contribution is 2.45. The standard InChI is InChI=1S/C47H42F2N10O7/c1-23(2)38(55-46(62)63)43(60)57-14-6-8-34(57)40-50-21-33(54-40)25-10-12-30-37(19-25)66-45(27-16-28(48)20-29(49)17-27)59-36(22-51-42(30)59)26-11-13-31-32(18-26)53-41(52-31)35-9-7-15-58(35)44(61)39(24(3)4)56-47(64)65-5/h6-24,38-39,45,55H,1-5H3,(H,50,54)(H,52,53)(H,56,64)(H,62,63)/t38-,39-,45-/m0/s1. The van der Waals surface area contributed by atoms with E-state index in [0.717, 1.165) is 6.07 Å². The van der Waals surface area contributed by atoms with Gasteiger partial charge in [-0.05, 0) is 72.5 Å². The van der Waals surface area contributed by atoms with Crippen LogP contribution in [0.5, 0.6) is 5.75 Å². The Hall–Kier alpha value is -8.35. The van der Waals surface area contributed by atoms with Gasteiger partial charge in [0.2, 0.25) is 6.23 Å². The van der Waals surface area contributed by atoms with E-state index in [1.165, 1.54) is 28.4 Å². The molecular formula is C47H42F2N10O7. The lowest BCUT2D eigenvalue weighted by Crippen LogP contribution is -2.46. The Kier molecular flexibility index (Phi) is 11.0. The summed E-state index contributed by atoms with van der Waals surface area (Å²) in [5, 5.41) is 14.3. The Morgan fingerprint density at radius 1 is 0.758 bits per heavy atom. The van der Waals surface area contributed by atoms with Gasteiger partial charge in [0.1, 0.15) is 35.3 Å². The largest absolute Gasteiger partial charge is 0.465 e. The highest BCUT2D eigenvalue weighted by molar-refractivity contribution is 5.92. The molecule has 6 heterocycles. The maximum Gasteiger partial charge on any atom is 0.407 e. The molecule has 5 aromatic heterocycles. The molecule has 2 amide bonds. The zero-order valence-electron chi connectivity index (χ0n) is 36.0. The van der Waals surface area contributed by atoms with Crippen molar-refractivity contribution >= 4 is 35.0 Å². The van der Waals surface area contributed by atoms with Crippen LogP contribution in [0.3, 0.4) is 0 Å². The van der Waals surface area contributed by atoms with Crippen LogP contribution in [-0.2, 0) is 4.74 Å². The van der Waals surface area contributed by atoms with Crippen molar-refractivity contribution in [2.24, 2.45) is 11.8 Å². The number of methoxy groups -OCH3 is 1. The van der Waals surface area contributed by atoms with Gasteiger partial charge in [0.15, 0.2) is 11.6 Å². The first-order valence-corrected chi connectivity index (χ1v) is 20.9. The summed E-state index contributed by atoms with van der Waals surface area (Å²) in [4.78, 5) is 71.4. The van der Waals surface area contributed by atoms with E-state index in [4.69, 9.17) is 19.4 Å². The van der Waals surface area contributed by atoms with E-state index in [0.29, 0.717) is 73.7 Å². The first-order valence-electron chi connectivity index (χ1n) is 20.9. The molecule has 0 unspecified atom stereocenters. The molecule has 3 atom stereocenters. The zero-order valence-corrected chi connectivity index (χ0v) is 36.0. The SMILES string of the molecule is COC(=O)N[C@H](C(=O)n1cccc1-c1nc2ccc(-c3cnc4n3[C@H](c3cc(F)cc(F)c3)Oc3cc(-c5cnc(-c6cccn6C(=O)[C@@H](NC(=O)O)C(C)C)[nH]5)ccc3-4)cc2[nH]1)C(C)C. The van der Waals surface area contributed by atoms with Gasteiger partial charge in [-0.1, -0.05) is 39.8 Å². The van der Waals surface area contributed by atoms with Gasteiger partial charge in [-0.15, -0.1) is 0 Å². The minimum absolute atomic E-state index is 0.187. The van der Waals surface area contributed by atoms with Gasteiger partial charge in [0.25, 0.3) is 11.8 Å². The number of H-pyrrole nitrogens is 2. The van der Waals surface area contributed by atoms with Crippen molar-refractivity contribution in [2.45, 2.75) is 46.0 Å². The van der Waals surface area contributed by atoms with E-state index in [2.05, 4.69) is 25.6 Å². The lowest BCUT2D eigenvalue weighted by molar-refractivity contribution is 0.0818. The van der Waals surface area contributed by atoms with Crippen molar-refractivity contribution in [1.82, 2.24) is 49.3 Å². The number of halogens is 2. The van der Waals surface area contributed by atoms with Crippen LogP contribution >= 0.6 is 0 Å². The van der Waals surface area contributed by atoms with Crippen molar-refractivity contribution in [3.63, 3.8) is 0 Å². The number of ether oxygens (including phenoxy) is 2. The fraction of sp³-hybridized carbons (Fsp3) is 0.213. The maximum atomic E-state index is 14.9. The Morgan fingerprint density at radius 2 is 1.41 bits per heavy atom. The number of nitrogens with zero attached hydrogens (tertiary/aromatic N) is 6. The van der Waals surface area contributed by atoms with Crippen molar-refractivity contribution in [3.8, 4) is 62.7 Å². The number of rotatable bonds is 11. The van der Waals surface area contributed by atoms with Gasteiger partial charge in [0, 0.05) is 35.2 Å². The molecule has 66 heavy (non-hydrogen) atoms. The van der Waals surface area contributed by atoms with Crippen LogP contribution in [0.25, 0.3) is 68.0 Å². The second-order valence-corrected chi connectivity index (χ2v) is 16.4. The minimum Gasteiger partial charge on any atom is -0.465 e. The average Bonchev–Trinajstić information content (AvgIpc) is 4.14. The molecule has 336 valence electrons.